The average Bonchev–Trinajstić information content (AvgIpc) is 3.18. The standard InChI is InChI=1S/C19H26N4O4.C7H9NO2S/c1-4-19(27,9-10-22(2)3)15-7-5-12-13(20-15)11-23(18(12)26)14-6-8-16(24)21-17(14)25;1-6-2-4-7(5-3-6)11(8,9)10/h5,7,14,27H,4,6,8-11H2,1-3H3,(H,21,24,25);2-5H,1H3,(H2,8,9,10). The van der Waals surface area contributed by atoms with E-state index in [0.717, 1.165) is 5.56 Å². The summed E-state index contributed by atoms with van der Waals surface area (Å²) in [5.74, 6) is -1.01. The Kier molecular flexibility index (Phi) is 9.03. The summed E-state index contributed by atoms with van der Waals surface area (Å²) in [4.78, 5) is 44.4. The van der Waals surface area contributed by atoms with E-state index in [9.17, 15) is 27.9 Å². The summed E-state index contributed by atoms with van der Waals surface area (Å²) in [5.41, 5.74) is 1.51. The molecule has 2 aromatic rings. The molecule has 2 unspecified atom stereocenters. The van der Waals surface area contributed by atoms with Gasteiger partial charge in [0.15, 0.2) is 0 Å². The van der Waals surface area contributed by atoms with E-state index < -0.39 is 27.6 Å². The van der Waals surface area contributed by atoms with Crippen molar-refractivity contribution in [3.05, 3.63) is 58.9 Å². The number of nitrogens with two attached hydrogens (primary N) is 1. The lowest BCUT2D eigenvalue weighted by Crippen LogP contribution is -2.52. The molecule has 0 saturated carbocycles. The van der Waals surface area contributed by atoms with Crippen LogP contribution in [-0.2, 0) is 31.8 Å². The first kappa shape index (κ1) is 29.4. The van der Waals surface area contributed by atoms with E-state index in [1.165, 1.54) is 17.0 Å². The highest BCUT2D eigenvalue weighted by Crippen LogP contribution is 2.32. The van der Waals surface area contributed by atoms with Gasteiger partial charge in [-0.05, 0) is 64.5 Å². The Labute approximate surface area is 223 Å². The molecule has 3 heterocycles. The van der Waals surface area contributed by atoms with Crippen molar-refractivity contribution in [2.45, 2.75) is 62.6 Å². The van der Waals surface area contributed by atoms with Crippen LogP contribution in [0.15, 0.2) is 41.3 Å². The van der Waals surface area contributed by atoms with Crippen LogP contribution in [0, 0.1) is 6.92 Å². The second-order valence-electron chi connectivity index (χ2n) is 9.89. The number of imide groups is 1. The van der Waals surface area contributed by atoms with Crippen molar-refractivity contribution in [2.24, 2.45) is 5.14 Å². The first-order valence-electron chi connectivity index (χ1n) is 12.4. The molecule has 0 radical (unpaired) electrons. The molecule has 1 fully saturated rings. The van der Waals surface area contributed by atoms with E-state index >= 15 is 0 Å². The minimum Gasteiger partial charge on any atom is -0.384 e. The van der Waals surface area contributed by atoms with Crippen LogP contribution in [0.3, 0.4) is 0 Å². The van der Waals surface area contributed by atoms with Crippen LogP contribution >= 0.6 is 0 Å². The number of hydrogen-bond donors (Lipinski definition) is 3. The highest BCUT2D eigenvalue weighted by atomic mass is 32.2. The zero-order valence-corrected chi connectivity index (χ0v) is 22.9. The molecule has 1 aromatic carbocycles. The summed E-state index contributed by atoms with van der Waals surface area (Å²) in [5, 5.41) is 18.2. The van der Waals surface area contributed by atoms with Crippen molar-refractivity contribution < 1.29 is 27.9 Å². The van der Waals surface area contributed by atoms with Gasteiger partial charge in [-0.25, -0.2) is 13.6 Å². The molecule has 12 heteroatoms. The number of sulfonamides is 1. The number of nitrogens with one attached hydrogen (secondary N) is 1. The van der Waals surface area contributed by atoms with Gasteiger partial charge in [0.2, 0.25) is 21.8 Å². The summed E-state index contributed by atoms with van der Waals surface area (Å²) in [6, 6.07) is 9.12. The van der Waals surface area contributed by atoms with Crippen LogP contribution in [0.5, 0.6) is 0 Å². The van der Waals surface area contributed by atoms with E-state index in [0.29, 0.717) is 42.8 Å². The molecule has 38 heavy (non-hydrogen) atoms. The highest BCUT2D eigenvalue weighted by Gasteiger charge is 2.40. The molecule has 4 rings (SSSR count). The van der Waals surface area contributed by atoms with Crippen molar-refractivity contribution in [1.82, 2.24) is 20.1 Å². The fraction of sp³-hybridized carbons (Fsp3) is 0.462. The molecule has 0 bridgehead atoms. The van der Waals surface area contributed by atoms with E-state index in [-0.39, 0.29) is 29.7 Å². The van der Waals surface area contributed by atoms with Gasteiger partial charge in [0, 0.05) is 13.0 Å². The monoisotopic (exact) mass is 545 g/mol. The Hall–Kier alpha value is -3.19. The number of pyridine rings is 1. The Bertz CT molecular complexity index is 1310. The Morgan fingerprint density at radius 3 is 2.37 bits per heavy atom. The SMILES string of the molecule is CCC(O)(CCN(C)C)c1ccc2c(n1)CN(C1CCC(=O)NC1=O)C2=O.Cc1ccc(S(N)(=O)=O)cc1. The van der Waals surface area contributed by atoms with Crippen LogP contribution < -0.4 is 10.5 Å². The molecule has 11 nitrogen and oxygen atoms in total. The maximum Gasteiger partial charge on any atom is 0.256 e. The Balaban J connectivity index is 0.000000304. The quantitative estimate of drug-likeness (QED) is 0.435. The number of carbonyl (C=O) groups excluding carboxylic acids is 3. The van der Waals surface area contributed by atoms with Gasteiger partial charge < -0.3 is 14.9 Å². The predicted molar refractivity (Wildman–Crippen MR) is 140 cm³/mol. The third kappa shape index (κ3) is 6.81. The minimum atomic E-state index is -3.52. The second-order valence-corrected chi connectivity index (χ2v) is 11.4. The van der Waals surface area contributed by atoms with Crippen LogP contribution in [-0.4, -0.2) is 72.7 Å². The topological polar surface area (TPSA) is 163 Å². The number of aliphatic hydroxyl groups is 1. The van der Waals surface area contributed by atoms with Gasteiger partial charge in [-0.3, -0.25) is 24.7 Å². The lowest BCUT2D eigenvalue weighted by Gasteiger charge is -2.29. The predicted octanol–water partition coefficient (Wildman–Crippen LogP) is 1.03. The summed E-state index contributed by atoms with van der Waals surface area (Å²) in [6.07, 6.45) is 1.58. The molecule has 1 aromatic heterocycles. The van der Waals surface area contributed by atoms with Crippen molar-refractivity contribution in [3.8, 4) is 0 Å². The molecule has 2 aliphatic heterocycles. The molecule has 0 spiro atoms. The average molecular weight is 546 g/mol. The second kappa shape index (κ2) is 11.7. The number of primary sulfonamides is 1. The van der Waals surface area contributed by atoms with Gasteiger partial charge in [0.25, 0.3) is 5.91 Å². The van der Waals surface area contributed by atoms with Gasteiger partial charge in [0.1, 0.15) is 11.6 Å². The number of piperidine rings is 1. The zero-order chi connectivity index (χ0) is 28.3. The number of fused-ring (bicyclic) bond motifs is 1. The van der Waals surface area contributed by atoms with E-state index in [1.54, 1.807) is 24.3 Å². The van der Waals surface area contributed by atoms with Crippen molar-refractivity contribution >= 4 is 27.7 Å². The molecule has 206 valence electrons. The zero-order valence-electron chi connectivity index (χ0n) is 22.1. The number of nitrogens with zero attached hydrogens (tertiary/aromatic N) is 3. The molecule has 3 amide bonds. The van der Waals surface area contributed by atoms with Gasteiger partial charge in [-0.2, -0.15) is 0 Å². The van der Waals surface area contributed by atoms with Gasteiger partial charge in [-0.15, -0.1) is 0 Å². The first-order valence-corrected chi connectivity index (χ1v) is 13.9. The summed E-state index contributed by atoms with van der Waals surface area (Å²) in [6.45, 7) is 4.71. The minimum absolute atomic E-state index is 0.156. The highest BCUT2D eigenvalue weighted by molar-refractivity contribution is 7.89. The number of aryl methyl sites for hydroxylation is 1. The maximum absolute atomic E-state index is 12.7. The number of rotatable bonds is 7. The van der Waals surface area contributed by atoms with Crippen molar-refractivity contribution in [2.75, 3.05) is 20.6 Å². The van der Waals surface area contributed by atoms with Crippen molar-refractivity contribution in [3.63, 3.8) is 0 Å². The number of amides is 3. The number of benzene rings is 1. The lowest BCUT2D eigenvalue weighted by atomic mass is 9.91. The molecule has 2 atom stereocenters. The van der Waals surface area contributed by atoms with E-state index in [1.807, 2.05) is 32.8 Å². The molecule has 1 saturated heterocycles. The maximum atomic E-state index is 12.7. The Morgan fingerprint density at radius 2 is 1.82 bits per heavy atom. The van der Waals surface area contributed by atoms with Crippen LogP contribution in [0.1, 0.15) is 59.9 Å². The summed E-state index contributed by atoms with van der Waals surface area (Å²) >= 11 is 0. The van der Waals surface area contributed by atoms with E-state index in [4.69, 9.17) is 5.14 Å². The molecular formula is C26H35N5O6S. The number of carbonyl (C=O) groups is 3. The normalized spacial score (nSPS) is 19.0. The molecule has 0 aliphatic carbocycles. The molecule has 2 aliphatic rings. The summed E-state index contributed by atoms with van der Waals surface area (Å²) in [7, 11) is 0.375. The van der Waals surface area contributed by atoms with E-state index in [2.05, 4.69) is 10.3 Å². The number of aromatic nitrogens is 1. The first-order chi connectivity index (χ1) is 17.7. The smallest absolute Gasteiger partial charge is 0.256 e. The van der Waals surface area contributed by atoms with Gasteiger partial charge in [-0.1, -0.05) is 24.6 Å². The number of hydrogen-bond acceptors (Lipinski definition) is 8. The molecular weight excluding hydrogens is 510 g/mol. The fourth-order valence-electron chi connectivity index (χ4n) is 4.32. The summed E-state index contributed by atoms with van der Waals surface area (Å²) < 4.78 is 21.4. The largest absolute Gasteiger partial charge is 0.384 e. The molecule has 4 N–H and O–H groups in total. The third-order valence-corrected chi connectivity index (χ3v) is 7.68. The van der Waals surface area contributed by atoms with Gasteiger partial charge >= 0.3 is 0 Å². The van der Waals surface area contributed by atoms with Crippen LogP contribution in [0.2, 0.25) is 0 Å². The van der Waals surface area contributed by atoms with Gasteiger partial charge in [0.05, 0.1) is 28.4 Å². The van der Waals surface area contributed by atoms with Crippen molar-refractivity contribution in [1.29, 1.82) is 0 Å². The van der Waals surface area contributed by atoms with Crippen LogP contribution in [0.25, 0.3) is 0 Å². The fourth-order valence-corrected chi connectivity index (χ4v) is 4.83. The van der Waals surface area contributed by atoms with Crippen LogP contribution in [0.4, 0.5) is 0 Å². The lowest BCUT2D eigenvalue weighted by molar-refractivity contribution is -0.136. The third-order valence-electron chi connectivity index (χ3n) is 6.76. The Morgan fingerprint density at radius 1 is 1.16 bits per heavy atom.